The number of hydrogen-bond acceptors (Lipinski definition) is 3. The Morgan fingerprint density at radius 3 is 2.89 bits per heavy atom. The summed E-state index contributed by atoms with van der Waals surface area (Å²) in [7, 11) is 0. The minimum absolute atomic E-state index is 0.542. The smallest absolute Gasteiger partial charge is 0.0645 e. The molecular weight excluding hydrogens is 236 g/mol. The van der Waals surface area contributed by atoms with Crippen LogP contribution in [0.1, 0.15) is 18.4 Å². The first-order valence-electron chi connectivity index (χ1n) is 6.90. The molecule has 1 saturated heterocycles. The number of benzene rings is 1. The molecule has 3 rings (SSSR count). The number of likely N-dealkylation sites (tertiary alicyclic amines) is 1. The molecule has 0 amide bonds. The van der Waals surface area contributed by atoms with Crippen molar-refractivity contribution < 1.29 is 0 Å². The van der Waals surface area contributed by atoms with Gasteiger partial charge in [0, 0.05) is 30.9 Å². The molecule has 1 aliphatic rings. The van der Waals surface area contributed by atoms with Gasteiger partial charge >= 0.3 is 0 Å². The van der Waals surface area contributed by atoms with Crippen LogP contribution in [0.5, 0.6) is 0 Å². The zero-order chi connectivity index (χ0) is 13.1. The summed E-state index contributed by atoms with van der Waals surface area (Å²) in [5, 5.41) is 4.44. The molecule has 1 aromatic carbocycles. The predicted octanol–water partition coefficient (Wildman–Crippen LogP) is 1.80. The molecule has 1 aliphatic heterocycles. The van der Waals surface area contributed by atoms with E-state index >= 15 is 0 Å². The van der Waals surface area contributed by atoms with Gasteiger partial charge in [0.25, 0.3) is 0 Å². The van der Waals surface area contributed by atoms with Crippen molar-refractivity contribution >= 4 is 0 Å². The second kappa shape index (κ2) is 5.55. The van der Waals surface area contributed by atoms with E-state index in [0.717, 1.165) is 25.3 Å². The molecule has 1 atom stereocenters. The number of nitrogens with two attached hydrogens (primary N) is 1. The molecule has 0 radical (unpaired) electrons. The predicted molar refractivity (Wildman–Crippen MR) is 76.1 cm³/mol. The van der Waals surface area contributed by atoms with E-state index < -0.39 is 0 Å². The van der Waals surface area contributed by atoms with Crippen molar-refractivity contribution in [3.63, 3.8) is 0 Å². The second-order valence-electron chi connectivity index (χ2n) is 5.13. The standard InChI is InChI=1S/C15H20N4/c16-9-15-7-4-8-18(15)11-13-10-17-19(12-13)14-5-2-1-3-6-14/h1-3,5-6,10,12,15H,4,7-9,11,16H2. The van der Waals surface area contributed by atoms with E-state index in [1.807, 2.05) is 29.1 Å². The lowest BCUT2D eigenvalue weighted by molar-refractivity contribution is 0.250. The zero-order valence-electron chi connectivity index (χ0n) is 11.1. The zero-order valence-corrected chi connectivity index (χ0v) is 11.1. The minimum atomic E-state index is 0.542. The lowest BCUT2D eigenvalue weighted by Gasteiger charge is -2.22. The summed E-state index contributed by atoms with van der Waals surface area (Å²) in [6.45, 7) is 2.86. The van der Waals surface area contributed by atoms with Crippen LogP contribution in [0.4, 0.5) is 0 Å². The monoisotopic (exact) mass is 256 g/mol. The van der Waals surface area contributed by atoms with Gasteiger partial charge in [-0.05, 0) is 31.5 Å². The molecule has 1 fully saturated rings. The number of nitrogens with zero attached hydrogens (tertiary/aromatic N) is 3. The van der Waals surface area contributed by atoms with Gasteiger partial charge in [-0.25, -0.2) is 4.68 Å². The molecule has 4 heteroatoms. The van der Waals surface area contributed by atoms with Crippen LogP contribution in [0.25, 0.3) is 5.69 Å². The second-order valence-corrected chi connectivity index (χ2v) is 5.13. The Bertz CT molecular complexity index is 520. The first kappa shape index (κ1) is 12.4. The van der Waals surface area contributed by atoms with Crippen molar-refractivity contribution in [2.75, 3.05) is 13.1 Å². The highest BCUT2D eigenvalue weighted by atomic mass is 15.3. The third-order valence-corrected chi connectivity index (χ3v) is 3.81. The summed E-state index contributed by atoms with van der Waals surface area (Å²) in [6.07, 6.45) is 6.55. The topological polar surface area (TPSA) is 47.1 Å². The molecule has 4 nitrogen and oxygen atoms in total. The molecule has 1 aromatic heterocycles. The van der Waals surface area contributed by atoms with Crippen molar-refractivity contribution in [3.05, 3.63) is 48.3 Å². The number of para-hydroxylation sites is 1. The molecule has 2 heterocycles. The summed E-state index contributed by atoms with van der Waals surface area (Å²) in [6, 6.07) is 10.7. The van der Waals surface area contributed by atoms with Crippen molar-refractivity contribution in [3.8, 4) is 5.69 Å². The van der Waals surface area contributed by atoms with Crippen LogP contribution >= 0.6 is 0 Å². The average molecular weight is 256 g/mol. The molecule has 1 unspecified atom stereocenters. The summed E-state index contributed by atoms with van der Waals surface area (Å²) in [5.41, 5.74) is 8.17. The van der Waals surface area contributed by atoms with Crippen molar-refractivity contribution in [1.29, 1.82) is 0 Å². The van der Waals surface area contributed by atoms with Gasteiger partial charge in [-0.15, -0.1) is 0 Å². The number of hydrogen-bond donors (Lipinski definition) is 1. The molecule has 100 valence electrons. The Balaban J connectivity index is 1.72. The number of aromatic nitrogens is 2. The van der Waals surface area contributed by atoms with Crippen LogP contribution in [0.3, 0.4) is 0 Å². The van der Waals surface area contributed by atoms with Gasteiger partial charge in [-0.3, -0.25) is 4.90 Å². The number of rotatable bonds is 4. The molecule has 0 saturated carbocycles. The summed E-state index contributed by atoms with van der Waals surface area (Å²) >= 11 is 0. The Morgan fingerprint density at radius 1 is 1.26 bits per heavy atom. The SMILES string of the molecule is NCC1CCCN1Cc1cnn(-c2ccccc2)c1. The van der Waals surface area contributed by atoms with E-state index in [0.29, 0.717) is 6.04 Å². The van der Waals surface area contributed by atoms with Gasteiger partial charge in [0.1, 0.15) is 0 Å². The molecule has 2 aromatic rings. The van der Waals surface area contributed by atoms with E-state index in [9.17, 15) is 0 Å². The summed E-state index contributed by atoms with van der Waals surface area (Å²) in [4.78, 5) is 2.46. The van der Waals surface area contributed by atoms with E-state index in [-0.39, 0.29) is 0 Å². The highest BCUT2D eigenvalue weighted by Gasteiger charge is 2.23. The van der Waals surface area contributed by atoms with Crippen molar-refractivity contribution in [2.24, 2.45) is 5.73 Å². The van der Waals surface area contributed by atoms with Crippen molar-refractivity contribution in [1.82, 2.24) is 14.7 Å². The first-order chi connectivity index (χ1) is 9.36. The lowest BCUT2D eigenvalue weighted by atomic mass is 10.2. The van der Waals surface area contributed by atoms with E-state index in [1.165, 1.54) is 18.4 Å². The fourth-order valence-corrected chi connectivity index (χ4v) is 2.77. The Morgan fingerprint density at radius 2 is 2.11 bits per heavy atom. The van der Waals surface area contributed by atoms with Gasteiger partial charge in [0.15, 0.2) is 0 Å². The van der Waals surface area contributed by atoms with Crippen LogP contribution in [-0.4, -0.2) is 33.8 Å². The van der Waals surface area contributed by atoms with E-state index in [4.69, 9.17) is 5.73 Å². The third-order valence-electron chi connectivity index (χ3n) is 3.81. The fourth-order valence-electron chi connectivity index (χ4n) is 2.77. The molecule has 19 heavy (non-hydrogen) atoms. The minimum Gasteiger partial charge on any atom is -0.329 e. The molecule has 0 bridgehead atoms. The van der Waals surface area contributed by atoms with Gasteiger partial charge in [0.05, 0.1) is 11.9 Å². The highest BCUT2D eigenvalue weighted by Crippen LogP contribution is 2.19. The fraction of sp³-hybridized carbons (Fsp3) is 0.400. The maximum atomic E-state index is 5.81. The largest absolute Gasteiger partial charge is 0.329 e. The van der Waals surface area contributed by atoms with Gasteiger partial charge < -0.3 is 5.73 Å². The maximum absolute atomic E-state index is 5.81. The Hall–Kier alpha value is -1.65. The quantitative estimate of drug-likeness (QED) is 0.907. The lowest BCUT2D eigenvalue weighted by Crippen LogP contribution is -2.34. The summed E-state index contributed by atoms with van der Waals surface area (Å²) in [5.74, 6) is 0. The van der Waals surface area contributed by atoms with Crippen LogP contribution in [-0.2, 0) is 6.54 Å². The van der Waals surface area contributed by atoms with Gasteiger partial charge in [-0.2, -0.15) is 5.10 Å². The molecule has 0 spiro atoms. The van der Waals surface area contributed by atoms with Crippen LogP contribution in [0.2, 0.25) is 0 Å². The molecule has 2 N–H and O–H groups in total. The van der Waals surface area contributed by atoms with E-state index in [2.05, 4.69) is 28.3 Å². The summed E-state index contributed by atoms with van der Waals surface area (Å²) < 4.78 is 1.93. The van der Waals surface area contributed by atoms with Gasteiger partial charge in [-0.1, -0.05) is 18.2 Å². The molecular formula is C15H20N4. The average Bonchev–Trinajstić information content (AvgIpc) is 3.09. The Kier molecular flexibility index (Phi) is 3.62. The normalized spacial score (nSPS) is 19.9. The molecule has 0 aliphatic carbocycles. The van der Waals surface area contributed by atoms with Crippen LogP contribution in [0, 0.1) is 0 Å². The highest BCUT2D eigenvalue weighted by molar-refractivity contribution is 5.30. The van der Waals surface area contributed by atoms with Gasteiger partial charge in [0.2, 0.25) is 0 Å². The Labute approximate surface area is 113 Å². The third kappa shape index (κ3) is 2.69. The van der Waals surface area contributed by atoms with E-state index in [1.54, 1.807) is 0 Å². The van der Waals surface area contributed by atoms with Crippen LogP contribution < -0.4 is 5.73 Å². The van der Waals surface area contributed by atoms with Crippen molar-refractivity contribution in [2.45, 2.75) is 25.4 Å². The maximum Gasteiger partial charge on any atom is 0.0645 e. The van der Waals surface area contributed by atoms with Crippen LogP contribution in [0.15, 0.2) is 42.7 Å². The first-order valence-corrected chi connectivity index (χ1v) is 6.90.